The molecule has 108 valence electrons. The van der Waals surface area contributed by atoms with Crippen LogP contribution in [0.5, 0.6) is 0 Å². The molecule has 0 radical (unpaired) electrons. The van der Waals surface area contributed by atoms with Crippen molar-refractivity contribution in [3.8, 4) is 0 Å². The molecule has 0 atom stereocenters. The summed E-state index contributed by atoms with van der Waals surface area (Å²) in [6.45, 7) is 1.88. The van der Waals surface area contributed by atoms with Gasteiger partial charge in [0.2, 0.25) is 0 Å². The standard InChI is InChI=1S/C11H17F6N/c1-2-7-18-9(11(15,16)17)5-3-8(4-6-9)10(12,13)14/h8,18H,2-7H2,1H3. The Bertz CT molecular complexity index is 262. The first-order valence-electron chi connectivity index (χ1n) is 6.01. The molecule has 1 N–H and O–H groups in total. The molecule has 1 saturated carbocycles. The van der Waals surface area contributed by atoms with E-state index >= 15 is 0 Å². The average molecular weight is 277 g/mol. The third-order valence-electron chi connectivity index (χ3n) is 3.56. The van der Waals surface area contributed by atoms with Crippen molar-refractivity contribution in [1.82, 2.24) is 5.32 Å². The number of alkyl halides is 6. The lowest BCUT2D eigenvalue weighted by Gasteiger charge is -2.42. The van der Waals surface area contributed by atoms with E-state index in [0.29, 0.717) is 6.42 Å². The van der Waals surface area contributed by atoms with Crippen LogP contribution in [0.4, 0.5) is 26.3 Å². The lowest BCUT2D eigenvalue weighted by atomic mass is 9.75. The third-order valence-corrected chi connectivity index (χ3v) is 3.56. The van der Waals surface area contributed by atoms with Crippen LogP contribution in [-0.4, -0.2) is 24.4 Å². The first-order valence-corrected chi connectivity index (χ1v) is 6.01. The van der Waals surface area contributed by atoms with Gasteiger partial charge in [-0.1, -0.05) is 6.92 Å². The minimum Gasteiger partial charge on any atom is -0.304 e. The van der Waals surface area contributed by atoms with Crippen molar-refractivity contribution in [1.29, 1.82) is 0 Å². The van der Waals surface area contributed by atoms with Crippen LogP contribution in [0.1, 0.15) is 39.0 Å². The van der Waals surface area contributed by atoms with Crippen LogP contribution < -0.4 is 5.32 Å². The van der Waals surface area contributed by atoms with E-state index in [1.165, 1.54) is 0 Å². The summed E-state index contributed by atoms with van der Waals surface area (Å²) < 4.78 is 76.3. The molecule has 0 aromatic heterocycles. The van der Waals surface area contributed by atoms with Crippen LogP contribution in [0.3, 0.4) is 0 Å². The van der Waals surface area contributed by atoms with Gasteiger partial charge in [0.1, 0.15) is 5.54 Å². The molecule has 0 aliphatic heterocycles. The van der Waals surface area contributed by atoms with Crippen molar-refractivity contribution in [3.05, 3.63) is 0 Å². The van der Waals surface area contributed by atoms with Gasteiger partial charge in [-0.3, -0.25) is 0 Å². The number of nitrogens with one attached hydrogen (secondary N) is 1. The van der Waals surface area contributed by atoms with E-state index in [-0.39, 0.29) is 6.54 Å². The van der Waals surface area contributed by atoms with E-state index in [1.54, 1.807) is 6.92 Å². The second kappa shape index (κ2) is 5.27. The highest BCUT2D eigenvalue weighted by molar-refractivity contribution is 4.99. The summed E-state index contributed by atoms with van der Waals surface area (Å²) in [7, 11) is 0. The summed E-state index contributed by atoms with van der Waals surface area (Å²) in [5.74, 6) is -1.60. The highest BCUT2D eigenvalue weighted by atomic mass is 19.4. The lowest BCUT2D eigenvalue weighted by Crippen LogP contribution is -2.59. The zero-order chi connectivity index (χ0) is 14.0. The van der Waals surface area contributed by atoms with Crippen LogP contribution >= 0.6 is 0 Å². The summed E-state index contributed by atoms with van der Waals surface area (Å²) >= 11 is 0. The Morgan fingerprint density at radius 3 is 1.89 bits per heavy atom. The molecule has 7 heteroatoms. The Labute approximate surface area is 102 Å². The number of hydrogen-bond acceptors (Lipinski definition) is 1. The number of halogens is 6. The SMILES string of the molecule is CCCNC1(C(F)(F)F)CCC(C(F)(F)F)CC1. The van der Waals surface area contributed by atoms with Gasteiger partial charge in [-0.2, -0.15) is 26.3 Å². The normalized spacial score (nSPS) is 30.5. The van der Waals surface area contributed by atoms with E-state index in [1.807, 2.05) is 0 Å². The first-order chi connectivity index (χ1) is 8.12. The molecule has 0 unspecified atom stereocenters. The van der Waals surface area contributed by atoms with Gasteiger partial charge in [-0.15, -0.1) is 0 Å². The molecule has 0 spiro atoms. The molecular weight excluding hydrogens is 260 g/mol. The average Bonchev–Trinajstić information content (AvgIpc) is 2.24. The Morgan fingerprint density at radius 1 is 1.06 bits per heavy atom. The smallest absolute Gasteiger partial charge is 0.304 e. The quantitative estimate of drug-likeness (QED) is 0.768. The van der Waals surface area contributed by atoms with E-state index in [4.69, 9.17) is 0 Å². The van der Waals surface area contributed by atoms with Gasteiger partial charge < -0.3 is 5.32 Å². The van der Waals surface area contributed by atoms with Gasteiger partial charge in [0.25, 0.3) is 0 Å². The van der Waals surface area contributed by atoms with Crippen molar-refractivity contribution in [2.45, 2.75) is 56.9 Å². The second-order valence-corrected chi connectivity index (χ2v) is 4.82. The molecule has 18 heavy (non-hydrogen) atoms. The predicted octanol–water partition coefficient (Wildman–Crippen LogP) is 4.04. The monoisotopic (exact) mass is 277 g/mol. The van der Waals surface area contributed by atoms with Crippen molar-refractivity contribution in [2.24, 2.45) is 5.92 Å². The molecule has 0 saturated heterocycles. The zero-order valence-electron chi connectivity index (χ0n) is 10.1. The molecular formula is C11H17F6N. The summed E-state index contributed by atoms with van der Waals surface area (Å²) in [4.78, 5) is 0. The molecule has 0 heterocycles. The van der Waals surface area contributed by atoms with Crippen LogP contribution in [0, 0.1) is 5.92 Å². The maximum Gasteiger partial charge on any atom is 0.406 e. The summed E-state index contributed by atoms with van der Waals surface area (Å²) in [5, 5.41) is 2.40. The van der Waals surface area contributed by atoms with Gasteiger partial charge in [0, 0.05) is 0 Å². The topological polar surface area (TPSA) is 12.0 Å². The van der Waals surface area contributed by atoms with E-state index in [0.717, 1.165) is 0 Å². The van der Waals surface area contributed by atoms with Crippen LogP contribution in [-0.2, 0) is 0 Å². The molecule has 1 aliphatic rings. The van der Waals surface area contributed by atoms with E-state index in [2.05, 4.69) is 5.32 Å². The molecule has 1 fully saturated rings. The fourth-order valence-electron chi connectivity index (χ4n) is 2.36. The number of rotatable bonds is 3. The second-order valence-electron chi connectivity index (χ2n) is 4.82. The number of hydrogen-bond donors (Lipinski definition) is 1. The highest BCUT2D eigenvalue weighted by Gasteiger charge is 2.57. The first kappa shape index (κ1) is 15.6. The largest absolute Gasteiger partial charge is 0.406 e. The summed E-state index contributed by atoms with van der Waals surface area (Å²) in [6, 6.07) is 0. The van der Waals surface area contributed by atoms with Gasteiger partial charge in [0.05, 0.1) is 5.92 Å². The van der Waals surface area contributed by atoms with E-state index in [9.17, 15) is 26.3 Å². The maximum atomic E-state index is 13.0. The highest BCUT2D eigenvalue weighted by Crippen LogP contribution is 2.47. The lowest BCUT2D eigenvalue weighted by molar-refractivity contribution is -0.228. The molecule has 1 aliphatic carbocycles. The molecule has 0 amide bonds. The summed E-state index contributed by atoms with van der Waals surface area (Å²) in [6.07, 6.45) is -10.3. The Kier molecular flexibility index (Phi) is 4.56. The van der Waals surface area contributed by atoms with Crippen molar-refractivity contribution in [3.63, 3.8) is 0 Å². The Morgan fingerprint density at radius 2 is 1.56 bits per heavy atom. The summed E-state index contributed by atoms with van der Waals surface area (Å²) in [5.41, 5.74) is -2.13. The molecule has 0 aromatic carbocycles. The van der Waals surface area contributed by atoms with Gasteiger partial charge in [0.15, 0.2) is 0 Å². The molecule has 1 rings (SSSR count). The fourth-order valence-corrected chi connectivity index (χ4v) is 2.36. The van der Waals surface area contributed by atoms with Crippen LogP contribution in [0.25, 0.3) is 0 Å². The molecule has 0 bridgehead atoms. The van der Waals surface area contributed by atoms with Crippen LogP contribution in [0.2, 0.25) is 0 Å². The van der Waals surface area contributed by atoms with Crippen LogP contribution in [0.15, 0.2) is 0 Å². The van der Waals surface area contributed by atoms with Crippen molar-refractivity contribution in [2.75, 3.05) is 6.54 Å². The maximum absolute atomic E-state index is 13.0. The van der Waals surface area contributed by atoms with Gasteiger partial charge in [-0.05, 0) is 38.6 Å². The Balaban J connectivity index is 2.74. The predicted molar refractivity (Wildman–Crippen MR) is 55.1 cm³/mol. The molecule has 1 nitrogen and oxygen atoms in total. The third kappa shape index (κ3) is 3.30. The minimum atomic E-state index is -4.50. The van der Waals surface area contributed by atoms with Gasteiger partial charge in [-0.25, -0.2) is 0 Å². The molecule has 0 aromatic rings. The van der Waals surface area contributed by atoms with Crippen molar-refractivity contribution >= 4 is 0 Å². The minimum absolute atomic E-state index is 0.163. The zero-order valence-corrected chi connectivity index (χ0v) is 10.1. The fraction of sp³-hybridized carbons (Fsp3) is 1.00. The van der Waals surface area contributed by atoms with Crippen molar-refractivity contribution < 1.29 is 26.3 Å². The van der Waals surface area contributed by atoms with Gasteiger partial charge >= 0.3 is 12.4 Å². The van der Waals surface area contributed by atoms with E-state index < -0.39 is 49.5 Å². The Hall–Kier alpha value is -0.460.